The lowest BCUT2D eigenvalue weighted by Gasteiger charge is -2.13. The third kappa shape index (κ3) is 6.13. The van der Waals surface area contributed by atoms with Gasteiger partial charge < -0.3 is 30.4 Å². The largest absolute Gasteiger partial charge is 0.488 e. The Morgan fingerprint density at radius 3 is 2.35 bits per heavy atom. The molecule has 4 N–H and O–H groups in total. The zero-order chi connectivity index (χ0) is 28.8. The zero-order valence-corrected chi connectivity index (χ0v) is 22.9. The van der Waals surface area contributed by atoms with Crippen LogP contribution in [-0.2, 0) is 13.5 Å². The van der Waals surface area contributed by atoms with E-state index in [0.717, 1.165) is 0 Å². The average molecular weight is 544 g/mol. The molecule has 3 amide bonds. The van der Waals surface area contributed by atoms with Crippen LogP contribution in [0.25, 0.3) is 11.0 Å². The van der Waals surface area contributed by atoms with Crippen molar-refractivity contribution in [3.8, 4) is 5.75 Å². The number of carbonyl (C=O) groups excluding carboxylic acids is 3. The molecular weight excluding hydrogens is 510 g/mol. The summed E-state index contributed by atoms with van der Waals surface area (Å²) in [5.41, 5.74) is 3.27. The minimum absolute atomic E-state index is 0.127. The van der Waals surface area contributed by atoms with Gasteiger partial charge in [0.05, 0.1) is 29.5 Å². The molecule has 2 aromatic heterocycles. The summed E-state index contributed by atoms with van der Waals surface area (Å²) in [5.74, 6) is -0.733. The second-order valence-electron chi connectivity index (χ2n) is 9.45. The quantitative estimate of drug-likeness (QED) is 0.237. The molecule has 10 heteroatoms. The van der Waals surface area contributed by atoms with E-state index in [1.165, 1.54) is 0 Å². The van der Waals surface area contributed by atoms with Crippen molar-refractivity contribution >= 4 is 40.1 Å². The van der Waals surface area contributed by atoms with Crippen LogP contribution in [0.1, 0.15) is 57.7 Å². The number of aliphatic hydroxyl groups is 1. The van der Waals surface area contributed by atoms with Gasteiger partial charge in [-0.2, -0.15) is 0 Å². The van der Waals surface area contributed by atoms with Crippen LogP contribution < -0.4 is 20.7 Å². The lowest BCUT2D eigenvalue weighted by molar-refractivity contribution is 0.0942. The first-order valence-electron chi connectivity index (χ1n) is 13.1. The minimum atomic E-state index is -0.447. The molecule has 208 valence electrons. The molecule has 4 rings (SSSR count). The number of fused-ring (bicyclic) bond motifs is 1. The number of anilines is 2. The molecule has 4 aromatic rings. The van der Waals surface area contributed by atoms with Crippen LogP contribution in [0.5, 0.6) is 5.75 Å². The number of nitrogens with zero attached hydrogens (tertiary/aromatic N) is 2. The van der Waals surface area contributed by atoms with Gasteiger partial charge >= 0.3 is 0 Å². The van der Waals surface area contributed by atoms with Crippen molar-refractivity contribution in [1.29, 1.82) is 0 Å². The smallest absolute Gasteiger partial charge is 0.276 e. The third-order valence-corrected chi connectivity index (χ3v) is 6.16. The Labute approximate surface area is 232 Å². The second-order valence-corrected chi connectivity index (χ2v) is 9.45. The molecule has 40 heavy (non-hydrogen) atoms. The van der Waals surface area contributed by atoms with Crippen molar-refractivity contribution in [2.45, 2.75) is 33.3 Å². The summed E-state index contributed by atoms with van der Waals surface area (Å²) in [6.07, 6.45) is 0.308. The number of aromatic nitrogens is 2. The van der Waals surface area contributed by atoms with Crippen molar-refractivity contribution in [3.63, 3.8) is 0 Å². The van der Waals surface area contributed by atoms with Crippen LogP contribution in [0.2, 0.25) is 0 Å². The van der Waals surface area contributed by atoms with E-state index in [2.05, 4.69) is 16.0 Å². The Balaban J connectivity index is 1.73. The Bertz CT molecular complexity index is 1550. The summed E-state index contributed by atoms with van der Waals surface area (Å²) in [6, 6.07) is 17.2. The molecule has 0 aliphatic heterocycles. The molecular formula is C30H33N5O5. The van der Waals surface area contributed by atoms with E-state index in [-0.39, 0.29) is 36.8 Å². The summed E-state index contributed by atoms with van der Waals surface area (Å²) < 4.78 is 7.81. The lowest BCUT2D eigenvalue weighted by Crippen LogP contribution is -2.26. The molecule has 0 saturated carbocycles. The van der Waals surface area contributed by atoms with Gasteiger partial charge in [-0.1, -0.05) is 31.2 Å². The Morgan fingerprint density at radius 2 is 1.68 bits per heavy atom. The maximum atomic E-state index is 13.6. The Morgan fingerprint density at radius 1 is 0.950 bits per heavy atom. The molecule has 2 aromatic carbocycles. The highest BCUT2D eigenvalue weighted by Gasteiger charge is 2.26. The number of pyridine rings is 1. The van der Waals surface area contributed by atoms with Gasteiger partial charge in [-0.05, 0) is 56.7 Å². The number of carbonyl (C=O) groups is 3. The van der Waals surface area contributed by atoms with E-state index in [1.807, 2.05) is 26.8 Å². The monoisotopic (exact) mass is 543 g/mol. The fraction of sp³-hybridized carbons (Fsp3) is 0.267. The van der Waals surface area contributed by atoms with Crippen LogP contribution in [0.15, 0.2) is 60.7 Å². The predicted molar refractivity (Wildman–Crippen MR) is 154 cm³/mol. The van der Waals surface area contributed by atoms with E-state index in [0.29, 0.717) is 51.4 Å². The van der Waals surface area contributed by atoms with Gasteiger partial charge in [0, 0.05) is 30.4 Å². The van der Waals surface area contributed by atoms with Gasteiger partial charge in [0.1, 0.15) is 5.65 Å². The van der Waals surface area contributed by atoms with E-state index in [9.17, 15) is 14.4 Å². The van der Waals surface area contributed by atoms with Crippen LogP contribution in [0.4, 0.5) is 11.4 Å². The standard InChI is InChI=1S/C30H33N5O5/c1-5-23-24(34-29(38)19-10-7-6-8-11-19)17-22-26(40-18(2)3)25(35(4)27(22)33-23)30(39)32-21-13-9-12-20(16-21)28(37)31-14-15-36/h6-13,16-18,36H,5,14-15H2,1-4H3,(H,31,37)(H,32,39)(H,34,38). The summed E-state index contributed by atoms with van der Waals surface area (Å²) in [4.78, 5) is 43.7. The van der Waals surface area contributed by atoms with Crippen molar-refractivity contribution in [3.05, 3.63) is 83.2 Å². The first kappa shape index (κ1) is 28.3. The number of nitrogens with one attached hydrogen (secondary N) is 3. The highest BCUT2D eigenvalue weighted by atomic mass is 16.5. The van der Waals surface area contributed by atoms with Crippen molar-refractivity contribution in [2.75, 3.05) is 23.8 Å². The number of aliphatic hydroxyl groups excluding tert-OH is 1. The van der Waals surface area contributed by atoms with Gasteiger partial charge in [0.15, 0.2) is 11.4 Å². The Kier molecular flexibility index (Phi) is 8.80. The molecule has 0 radical (unpaired) electrons. The Hall–Kier alpha value is -4.70. The van der Waals surface area contributed by atoms with Gasteiger partial charge in [0.2, 0.25) is 0 Å². The molecule has 0 aliphatic carbocycles. The molecule has 0 spiro atoms. The van der Waals surface area contributed by atoms with Crippen LogP contribution >= 0.6 is 0 Å². The number of aryl methyl sites for hydroxylation is 2. The van der Waals surface area contributed by atoms with E-state index in [4.69, 9.17) is 14.8 Å². The number of amides is 3. The number of ether oxygens (including phenoxy) is 1. The van der Waals surface area contributed by atoms with E-state index in [1.54, 1.807) is 66.2 Å². The van der Waals surface area contributed by atoms with Crippen molar-refractivity contribution < 1.29 is 24.2 Å². The SMILES string of the molecule is CCc1nc2c(cc1NC(=O)c1ccccc1)c(OC(C)C)c(C(=O)Nc1cccc(C(=O)NCCO)c1)n2C. The summed E-state index contributed by atoms with van der Waals surface area (Å²) in [7, 11) is 1.73. The highest BCUT2D eigenvalue weighted by molar-refractivity contribution is 6.11. The van der Waals surface area contributed by atoms with Gasteiger partial charge in [-0.25, -0.2) is 4.98 Å². The first-order chi connectivity index (χ1) is 19.2. The van der Waals surface area contributed by atoms with Crippen LogP contribution in [0.3, 0.4) is 0 Å². The molecule has 0 aliphatic rings. The number of hydrogen-bond acceptors (Lipinski definition) is 6. The van der Waals surface area contributed by atoms with Gasteiger partial charge in [-0.15, -0.1) is 0 Å². The molecule has 2 heterocycles. The normalized spacial score (nSPS) is 10.9. The zero-order valence-electron chi connectivity index (χ0n) is 22.9. The highest BCUT2D eigenvalue weighted by Crippen LogP contribution is 2.36. The summed E-state index contributed by atoms with van der Waals surface area (Å²) in [5, 5.41) is 18.0. The molecule has 0 unspecified atom stereocenters. The topological polar surface area (TPSA) is 135 Å². The van der Waals surface area contributed by atoms with Gasteiger partial charge in [0.25, 0.3) is 17.7 Å². The molecule has 0 fully saturated rings. The van der Waals surface area contributed by atoms with Crippen molar-refractivity contribution in [1.82, 2.24) is 14.9 Å². The minimum Gasteiger partial charge on any atom is -0.488 e. The van der Waals surface area contributed by atoms with E-state index >= 15 is 0 Å². The fourth-order valence-corrected chi connectivity index (χ4v) is 4.32. The van der Waals surface area contributed by atoms with Crippen LogP contribution in [0, 0.1) is 0 Å². The van der Waals surface area contributed by atoms with Crippen molar-refractivity contribution in [2.24, 2.45) is 7.05 Å². The number of rotatable bonds is 10. The maximum Gasteiger partial charge on any atom is 0.276 e. The first-order valence-corrected chi connectivity index (χ1v) is 13.1. The average Bonchev–Trinajstić information content (AvgIpc) is 3.21. The fourth-order valence-electron chi connectivity index (χ4n) is 4.32. The second kappa shape index (κ2) is 12.4. The van der Waals surface area contributed by atoms with Crippen LogP contribution in [-0.4, -0.2) is 51.6 Å². The summed E-state index contributed by atoms with van der Waals surface area (Å²) >= 11 is 0. The third-order valence-electron chi connectivity index (χ3n) is 6.16. The molecule has 0 saturated heterocycles. The molecule has 0 atom stereocenters. The summed E-state index contributed by atoms with van der Waals surface area (Å²) in [6.45, 7) is 5.62. The molecule has 0 bridgehead atoms. The predicted octanol–water partition coefficient (Wildman–Crippen LogP) is 4.15. The van der Waals surface area contributed by atoms with Gasteiger partial charge in [-0.3, -0.25) is 14.4 Å². The number of benzene rings is 2. The molecule has 10 nitrogen and oxygen atoms in total. The van der Waals surface area contributed by atoms with E-state index < -0.39 is 5.91 Å². The maximum absolute atomic E-state index is 13.6. The number of hydrogen-bond donors (Lipinski definition) is 4. The lowest BCUT2D eigenvalue weighted by atomic mass is 10.1.